The zero-order valence-corrected chi connectivity index (χ0v) is 12.4. The minimum Gasteiger partial charge on any atom is -0.493 e. The number of nitrogens with one attached hydrogen (secondary N) is 2. The summed E-state index contributed by atoms with van der Waals surface area (Å²) in [6.07, 6.45) is 2.81. The number of ether oxygens (including phenoxy) is 2. The summed E-state index contributed by atoms with van der Waals surface area (Å²) >= 11 is 0. The third-order valence-electron chi connectivity index (χ3n) is 4.15. The lowest BCUT2D eigenvalue weighted by Crippen LogP contribution is -2.45. The third-order valence-corrected chi connectivity index (χ3v) is 4.15. The molecule has 0 saturated carbocycles. The minimum absolute atomic E-state index is 0.104. The van der Waals surface area contributed by atoms with Crippen LogP contribution < -0.4 is 15.4 Å². The average Bonchev–Trinajstić information content (AvgIpc) is 3.08. The molecule has 0 aliphatic carbocycles. The summed E-state index contributed by atoms with van der Waals surface area (Å²) in [5.74, 6) is 1.000. The highest BCUT2D eigenvalue weighted by Gasteiger charge is 2.25. The predicted molar refractivity (Wildman–Crippen MR) is 79.7 cm³/mol. The van der Waals surface area contributed by atoms with Crippen molar-refractivity contribution >= 4 is 6.03 Å². The molecule has 1 fully saturated rings. The molecule has 0 bridgehead atoms. The van der Waals surface area contributed by atoms with Crippen molar-refractivity contribution in [2.75, 3.05) is 19.8 Å². The van der Waals surface area contributed by atoms with Gasteiger partial charge in [-0.2, -0.15) is 0 Å². The second-order valence-electron chi connectivity index (χ2n) is 5.66. The van der Waals surface area contributed by atoms with E-state index in [2.05, 4.69) is 22.8 Å². The Morgan fingerprint density at radius 1 is 1.38 bits per heavy atom. The minimum atomic E-state index is -0.109. The summed E-state index contributed by atoms with van der Waals surface area (Å²) in [7, 11) is 0. The van der Waals surface area contributed by atoms with E-state index in [-0.39, 0.29) is 18.2 Å². The summed E-state index contributed by atoms with van der Waals surface area (Å²) in [5, 5.41) is 5.87. The Kier molecular flexibility index (Phi) is 4.29. The van der Waals surface area contributed by atoms with E-state index in [1.54, 1.807) is 0 Å². The number of benzene rings is 1. The molecule has 1 saturated heterocycles. The number of urea groups is 1. The van der Waals surface area contributed by atoms with E-state index in [4.69, 9.17) is 9.47 Å². The van der Waals surface area contributed by atoms with Crippen LogP contribution in [-0.2, 0) is 17.6 Å². The first kappa shape index (κ1) is 14.2. The molecule has 2 aliphatic heterocycles. The van der Waals surface area contributed by atoms with Crippen molar-refractivity contribution in [1.82, 2.24) is 10.6 Å². The SMILES string of the molecule is C[C@H]1OCC[C@H]1NC(=O)NCCc1ccc2c(c1)CCO2. The van der Waals surface area contributed by atoms with Crippen molar-refractivity contribution in [2.24, 2.45) is 0 Å². The smallest absolute Gasteiger partial charge is 0.315 e. The molecular weight excluding hydrogens is 268 g/mol. The zero-order chi connectivity index (χ0) is 14.7. The lowest BCUT2D eigenvalue weighted by Gasteiger charge is -2.16. The van der Waals surface area contributed by atoms with Crippen molar-refractivity contribution in [2.45, 2.75) is 38.3 Å². The first-order chi connectivity index (χ1) is 10.2. The molecule has 21 heavy (non-hydrogen) atoms. The standard InChI is InChI=1S/C16H22N2O3/c1-11-14(6-9-20-11)18-16(19)17-7-4-12-2-3-15-13(10-12)5-8-21-15/h2-3,10-11,14H,4-9H2,1H3,(H2,17,18,19)/t11-,14-/m1/s1. The van der Waals surface area contributed by atoms with Gasteiger partial charge in [0.1, 0.15) is 5.75 Å². The van der Waals surface area contributed by atoms with Gasteiger partial charge in [-0.25, -0.2) is 4.79 Å². The van der Waals surface area contributed by atoms with Crippen LogP contribution >= 0.6 is 0 Å². The van der Waals surface area contributed by atoms with Gasteiger partial charge in [-0.05, 0) is 37.0 Å². The van der Waals surface area contributed by atoms with Crippen LogP contribution in [0.2, 0.25) is 0 Å². The molecule has 1 aromatic rings. The molecule has 0 spiro atoms. The predicted octanol–water partition coefficient (Wildman–Crippen LogP) is 1.64. The van der Waals surface area contributed by atoms with E-state index in [1.165, 1.54) is 11.1 Å². The highest BCUT2D eigenvalue weighted by molar-refractivity contribution is 5.74. The largest absolute Gasteiger partial charge is 0.493 e. The number of fused-ring (bicyclic) bond motifs is 1. The number of carbonyl (C=O) groups excluding carboxylic acids is 1. The Bertz CT molecular complexity index is 518. The Hall–Kier alpha value is -1.75. The van der Waals surface area contributed by atoms with Gasteiger partial charge in [-0.1, -0.05) is 12.1 Å². The van der Waals surface area contributed by atoms with Crippen LogP contribution in [0.15, 0.2) is 18.2 Å². The normalized spacial score (nSPS) is 23.5. The number of hydrogen-bond donors (Lipinski definition) is 2. The lowest BCUT2D eigenvalue weighted by atomic mass is 10.1. The van der Waals surface area contributed by atoms with Gasteiger partial charge in [0.05, 0.1) is 18.8 Å². The fourth-order valence-electron chi connectivity index (χ4n) is 2.86. The van der Waals surface area contributed by atoms with Gasteiger partial charge < -0.3 is 20.1 Å². The molecule has 3 rings (SSSR count). The van der Waals surface area contributed by atoms with Crippen LogP contribution in [0.25, 0.3) is 0 Å². The molecule has 0 radical (unpaired) electrons. The molecule has 114 valence electrons. The van der Waals surface area contributed by atoms with Crippen LogP contribution in [0.1, 0.15) is 24.5 Å². The second-order valence-corrected chi connectivity index (χ2v) is 5.66. The van der Waals surface area contributed by atoms with E-state index >= 15 is 0 Å². The van der Waals surface area contributed by atoms with Gasteiger partial charge in [0.2, 0.25) is 0 Å². The molecule has 5 heteroatoms. The summed E-state index contributed by atoms with van der Waals surface area (Å²) in [6, 6.07) is 6.28. The van der Waals surface area contributed by atoms with Gasteiger partial charge in [0.15, 0.2) is 0 Å². The van der Waals surface area contributed by atoms with E-state index in [0.717, 1.165) is 38.2 Å². The quantitative estimate of drug-likeness (QED) is 0.886. The number of rotatable bonds is 4. The summed E-state index contributed by atoms with van der Waals surface area (Å²) in [5.41, 5.74) is 2.51. The number of hydrogen-bond acceptors (Lipinski definition) is 3. The molecular formula is C16H22N2O3. The van der Waals surface area contributed by atoms with Crippen molar-refractivity contribution in [3.63, 3.8) is 0 Å². The van der Waals surface area contributed by atoms with Gasteiger partial charge in [0, 0.05) is 19.6 Å². The van der Waals surface area contributed by atoms with E-state index in [0.29, 0.717) is 6.54 Å². The van der Waals surface area contributed by atoms with Crippen molar-refractivity contribution < 1.29 is 14.3 Å². The highest BCUT2D eigenvalue weighted by Crippen LogP contribution is 2.25. The molecule has 2 aliphatic rings. The van der Waals surface area contributed by atoms with Gasteiger partial charge in [-0.3, -0.25) is 0 Å². The van der Waals surface area contributed by atoms with Crippen LogP contribution in [0.3, 0.4) is 0 Å². The fourth-order valence-corrected chi connectivity index (χ4v) is 2.86. The van der Waals surface area contributed by atoms with Crippen molar-refractivity contribution in [1.29, 1.82) is 0 Å². The Morgan fingerprint density at radius 3 is 3.10 bits per heavy atom. The summed E-state index contributed by atoms with van der Waals surface area (Å²) in [4.78, 5) is 11.8. The van der Waals surface area contributed by atoms with Gasteiger partial charge in [0.25, 0.3) is 0 Å². The topological polar surface area (TPSA) is 59.6 Å². The number of carbonyl (C=O) groups is 1. The van der Waals surface area contributed by atoms with E-state index in [9.17, 15) is 4.79 Å². The second kappa shape index (κ2) is 6.35. The molecule has 0 aromatic heterocycles. The van der Waals surface area contributed by atoms with Crippen molar-refractivity contribution in [3.05, 3.63) is 29.3 Å². The monoisotopic (exact) mass is 290 g/mol. The summed E-state index contributed by atoms with van der Waals surface area (Å²) < 4.78 is 10.9. The molecule has 5 nitrogen and oxygen atoms in total. The summed E-state index contributed by atoms with van der Waals surface area (Å²) in [6.45, 7) is 4.13. The van der Waals surface area contributed by atoms with Gasteiger partial charge >= 0.3 is 6.03 Å². The maximum Gasteiger partial charge on any atom is 0.315 e. The van der Waals surface area contributed by atoms with Crippen LogP contribution in [-0.4, -0.2) is 37.9 Å². The lowest BCUT2D eigenvalue weighted by molar-refractivity contribution is 0.114. The molecule has 0 unspecified atom stereocenters. The van der Waals surface area contributed by atoms with E-state index in [1.807, 2.05) is 13.0 Å². The van der Waals surface area contributed by atoms with Crippen LogP contribution in [0.5, 0.6) is 5.75 Å². The zero-order valence-electron chi connectivity index (χ0n) is 12.4. The Balaban J connectivity index is 1.42. The van der Waals surface area contributed by atoms with Crippen LogP contribution in [0.4, 0.5) is 4.79 Å². The van der Waals surface area contributed by atoms with Crippen molar-refractivity contribution in [3.8, 4) is 5.75 Å². The highest BCUT2D eigenvalue weighted by atomic mass is 16.5. The fraction of sp³-hybridized carbons (Fsp3) is 0.562. The first-order valence-electron chi connectivity index (χ1n) is 7.63. The van der Waals surface area contributed by atoms with Gasteiger partial charge in [-0.15, -0.1) is 0 Å². The first-order valence-corrected chi connectivity index (χ1v) is 7.63. The molecule has 2 heterocycles. The third kappa shape index (κ3) is 3.47. The maximum atomic E-state index is 11.8. The molecule has 1 aromatic carbocycles. The number of amides is 2. The van der Waals surface area contributed by atoms with E-state index < -0.39 is 0 Å². The molecule has 2 atom stereocenters. The average molecular weight is 290 g/mol. The Morgan fingerprint density at radius 2 is 2.29 bits per heavy atom. The van der Waals surface area contributed by atoms with Crippen LogP contribution in [0, 0.1) is 0 Å². The molecule has 2 N–H and O–H groups in total. The molecule has 2 amide bonds. The Labute approximate surface area is 125 Å². The maximum absolute atomic E-state index is 11.8.